The molecule has 0 aliphatic carbocycles. The van der Waals surface area contributed by atoms with Crippen LogP contribution in [0.3, 0.4) is 0 Å². The van der Waals surface area contributed by atoms with Gasteiger partial charge in [0.1, 0.15) is 0 Å². The van der Waals surface area contributed by atoms with E-state index in [0.717, 1.165) is 17.5 Å². The van der Waals surface area contributed by atoms with Gasteiger partial charge in [-0.15, -0.1) is 5.10 Å². The molecular weight excluding hydrogens is 198 g/mol. The molecular formula is C8H15N5S. The molecule has 0 saturated carbocycles. The van der Waals surface area contributed by atoms with Crippen LogP contribution < -0.4 is 5.32 Å². The summed E-state index contributed by atoms with van der Waals surface area (Å²) in [7, 11) is 1.87. The van der Waals surface area contributed by atoms with Crippen LogP contribution in [0.15, 0.2) is 5.16 Å². The van der Waals surface area contributed by atoms with E-state index >= 15 is 0 Å². The maximum absolute atomic E-state index is 3.94. The van der Waals surface area contributed by atoms with E-state index in [9.17, 15) is 0 Å². The fourth-order valence-corrected chi connectivity index (χ4v) is 2.54. The van der Waals surface area contributed by atoms with Crippen LogP contribution in [-0.2, 0) is 7.05 Å². The van der Waals surface area contributed by atoms with Crippen LogP contribution in [0.4, 0.5) is 0 Å². The minimum absolute atomic E-state index is 0.630. The van der Waals surface area contributed by atoms with Crippen molar-refractivity contribution in [3.05, 3.63) is 0 Å². The highest BCUT2D eigenvalue weighted by molar-refractivity contribution is 7.99. The minimum Gasteiger partial charge on any atom is -0.313 e. The Hall–Kier alpha value is -0.620. The molecule has 1 saturated heterocycles. The molecule has 1 aromatic heterocycles. The second-order valence-electron chi connectivity index (χ2n) is 3.54. The number of thioether (sulfide) groups is 1. The molecule has 6 heteroatoms. The van der Waals surface area contributed by atoms with E-state index in [1.807, 2.05) is 7.05 Å². The molecule has 1 aliphatic rings. The van der Waals surface area contributed by atoms with Gasteiger partial charge < -0.3 is 5.32 Å². The molecule has 1 aliphatic heterocycles. The zero-order chi connectivity index (χ0) is 9.80. The topological polar surface area (TPSA) is 55.6 Å². The number of aromatic nitrogens is 4. The third-order valence-electron chi connectivity index (χ3n) is 2.41. The first-order chi connectivity index (χ1) is 6.86. The van der Waals surface area contributed by atoms with Crippen molar-refractivity contribution >= 4 is 11.8 Å². The molecule has 0 spiro atoms. The quantitative estimate of drug-likeness (QED) is 0.739. The lowest BCUT2D eigenvalue weighted by Gasteiger charge is -2.22. The van der Waals surface area contributed by atoms with Gasteiger partial charge in [-0.3, -0.25) is 0 Å². The van der Waals surface area contributed by atoms with Crippen molar-refractivity contribution in [2.45, 2.75) is 30.5 Å². The van der Waals surface area contributed by atoms with Gasteiger partial charge in [0.15, 0.2) is 0 Å². The van der Waals surface area contributed by atoms with Gasteiger partial charge in [-0.1, -0.05) is 18.2 Å². The lowest BCUT2D eigenvalue weighted by molar-refractivity contribution is 0.429. The zero-order valence-electron chi connectivity index (χ0n) is 8.31. The summed E-state index contributed by atoms with van der Waals surface area (Å²) in [6, 6.07) is 0.630. The Morgan fingerprint density at radius 1 is 1.57 bits per heavy atom. The Morgan fingerprint density at radius 3 is 3.14 bits per heavy atom. The van der Waals surface area contributed by atoms with Crippen LogP contribution in [0.2, 0.25) is 0 Å². The van der Waals surface area contributed by atoms with Crippen LogP contribution in [0.5, 0.6) is 0 Å². The van der Waals surface area contributed by atoms with Crippen molar-refractivity contribution in [3.63, 3.8) is 0 Å². The SMILES string of the molecule is Cn1nnnc1SC[C@@H]1CCCCN1. The number of nitrogens with zero attached hydrogens (tertiary/aromatic N) is 4. The summed E-state index contributed by atoms with van der Waals surface area (Å²) in [5.74, 6) is 1.06. The van der Waals surface area contributed by atoms with Gasteiger partial charge >= 0.3 is 0 Å². The number of rotatable bonds is 3. The van der Waals surface area contributed by atoms with E-state index in [2.05, 4.69) is 20.8 Å². The second-order valence-corrected chi connectivity index (χ2v) is 4.53. The van der Waals surface area contributed by atoms with E-state index in [-0.39, 0.29) is 0 Å². The molecule has 0 unspecified atom stereocenters. The molecule has 2 rings (SSSR count). The van der Waals surface area contributed by atoms with Gasteiger partial charge in [-0.25, -0.2) is 4.68 Å². The molecule has 0 aromatic carbocycles. The van der Waals surface area contributed by atoms with E-state index in [1.54, 1.807) is 16.4 Å². The normalized spacial score (nSPS) is 22.5. The molecule has 5 nitrogen and oxygen atoms in total. The highest BCUT2D eigenvalue weighted by atomic mass is 32.2. The summed E-state index contributed by atoms with van der Waals surface area (Å²) in [5.41, 5.74) is 0. The van der Waals surface area contributed by atoms with Crippen molar-refractivity contribution in [3.8, 4) is 0 Å². The van der Waals surface area contributed by atoms with Crippen molar-refractivity contribution in [2.24, 2.45) is 7.05 Å². The fourth-order valence-electron chi connectivity index (χ4n) is 1.58. The second kappa shape index (κ2) is 4.75. The van der Waals surface area contributed by atoms with E-state index in [1.165, 1.54) is 19.3 Å². The van der Waals surface area contributed by atoms with Gasteiger partial charge in [0.05, 0.1) is 0 Å². The molecule has 0 bridgehead atoms. The zero-order valence-corrected chi connectivity index (χ0v) is 9.13. The first kappa shape index (κ1) is 9.92. The van der Waals surface area contributed by atoms with Gasteiger partial charge in [0.25, 0.3) is 0 Å². The standard InChI is InChI=1S/C8H15N5S/c1-13-8(10-11-12-13)14-6-7-4-2-3-5-9-7/h7,9H,2-6H2,1H3/t7-/m0/s1. The average molecular weight is 213 g/mol. The fraction of sp³-hybridized carbons (Fsp3) is 0.875. The van der Waals surface area contributed by atoms with Crippen LogP contribution in [0.1, 0.15) is 19.3 Å². The maximum atomic E-state index is 3.94. The molecule has 78 valence electrons. The van der Waals surface area contributed by atoms with Crippen LogP contribution in [-0.4, -0.2) is 38.5 Å². The summed E-state index contributed by atoms with van der Waals surface area (Å²) in [6.07, 6.45) is 3.93. The largest absolute Gasteiger partial charge is 0.313 e. The van der Waals surface area contributed by atoms with Crippen molar-refractivity contribution in [1.82, 2.24) is 25.5 Å². The number of piperidine rings is 1. The van der Waals surface area contributed by atoms with E-state index in [4.69, 9.17) is 0 Å². The number of tetrazole rings is 1. The molecule has 0 radical (unpaired) electrons. The van der Waals surface area contributed by atoms with Crippen molar-refractivity contribution < 1.29 is 0 Å². The van der Waals surface area contributed by atoms with E-state index < -0.39 is 0 Å². The van der Waals surface area contributed by atoms with Gasteiger partial charge in [0, 0.05) is 18.8 Å². The van der Waals surface area contributed by atoms with Crippen molar-refractivity contribution in [1.29, 1.82) is 0 Å². The predicted octanol–water partition coefficient (Wildman–Crippen LogP) is 0.444. The monoisotopic (exact) mass is 213 g/mol. The van der Waals surface area contributed by atoms with Crippen LogP contribution in [0, 0.1) is 0 Å². The average Bonchev–Trinajstić information content (AvgIpc) is 2.63. The van der Waals surface area contributed by atoms with Gasteiger partial charge in [-0.2, -0.15) is 0 Å². The molecule has 1 aromatic rings. The Bertz CT molecular complexity index is 281. The minimum atomic E-state index is 0.630. The van der Waals surface area contributed by atoms with Gasteiger partial charge in [0.2, 0.25) is 5.16 Å². The third kappa shape index (κ3) is 2.45. The predicted molar refractivity (Wildman–Crippen MR) is 55.2 cm³/mol. The summed E-state index contributed by atoms with van der Waals surface area (Å²) in [5, 5.41) is 15.7. The Labute approximate surface area is 87.6 Å². The Balaban J connectivity index is 1.79. The lowest BCUT2D eigenvalue weighted by atomic mass is 10.1. The molecule has 1 N–H and O–H groups in total. The molecule has 2 heterocycles. The maximum Gasteiger partial charge on any atom is 0.209 e. The number of nitrogens with one attached hydrogen (secondary N) is 1. The lowest BCUT2D eigenvalue weighted by Crippen LogP contribution is -2.35. The van der Waals surface area contributed by atoms with Gasteiger partial charge in [-0.05, 0) is 29.8 Å². The molecule has 14 heavy (non-hydrogen) atoms. The van der Waals surface area contributed by atoms with Crippen LogP contribution >= 0.6 is 11.8 Å². The van der Waals surface area contributed by atoms with Crippen LogP contribution in [0.25, 0.3) is 0 Å². The number of hydrogen-bond acceptors (Lipinski definition) is 5. The Kier molecular flexibility index (Phi) is 3.36. The van der Waals surface area contributed by atoms with E-state index in [0.29, 0.717) is 6.04 Å². The first-order valence-corrected chi connectivity index (χ1v) is 5.93. The number of aryl methyl sites for hydroxylation is 1. The summed E-state index contributed by atoms with van der Waals surface area (Å²) < 4.78 is 1.72. The first-order valence-electron chi connectivity index (χ1n) is 4.95. The smallest absolute Gasteiger partial charge is 0.209 e. The third-order valence-corrected chi connectivity index (χ3v) is 3.58. The molecule has 1 atom stereocenters. The summed E-state index contributed by atoms with van der Waals surface area (Å²) >= 11 is 1.72. The highest BCUT2D eigenvalue weighted by Gasteiger charge is 2.14. The molecule has 1 fully saturated rings. The Morgan fingerprint density at radius 2 is 2.50 bits per heavy atom. The number of hydrogen-bond donors (Lipinski definition) is 1. The summed E-state index contributed by atoms with van der Waals surface area (Å²) in [4.78, 5) is 0. The molecule has 0 amide bonds. The van der Waals surface area contributed by atoms with Crippen molar-refractivity contribution in [2.75, 3.05) is 12.3 Å². The highest BCUT2D eigenvalue weighted by Crippen LogP contribution is 2.17. The summed E-state index contributed by atoms with van der Waals surface area (Å²) in [6.45, 7) is 1.16.